The van der Waals surface area contributed by atoms with E-state index in [9.17, 15) is 14.4 Å². The predicted octanol–water partition coefficient (Wildman–Crippen LogP) is 15.7. The second-order valence-corrected chi connectivity index (χ2v) is 16.0. The van der Waals surface area contributed by atoms with Gasteiger partial charge in [-0.15, -0.1) is 0 Å². The quantitative estimate of drug-likeness (QED) is 0.0264. The minimum absolute atomic E-state index is 0.0944. The smallest absolute Gasteiger partial charge is 0.306 e. The maximum Gasteiger partial charge on any atom is 0.306 e. The molecule has 0 saturated heterocycles. The summed E-state index contributed by atoms with van der Waals surface area (Å²) in [4.78, 5) is 37.8. The van der Waals surface area contributed by atoms with Crippen molar-refractivity contribution < 1.29 is 28.6 Å². The lowest BCUT2D eigenvalue weighted by molar-refractivity contribution is -0.167. The molecule has 6 heteroatoms. The van der Waals surface area contributed by atoms with Gasteiger partial charge in [0.25, 0.3) is 0 Å². The molecule has 0 radical (unpaired) electrons. The molecule has 0 bridgehead atoms. The number of ether oxygens (including phenoxy) is 3. The summed E-state index contributed by atoms with van der Waals surface area (Å²) in [5.74, 6) is -0.961. The summed E-state index contributed by atoms with van der Waals surface area (Å²) in [6, 6.07) is 0. The number of allylic oxidation sites excluding steroid dienone is 10. The fourth-order valence-electron chi connectivity index (χ4n) is 6.53. The predicted molar refractivity (Wildman–Crippen MR) is 247 cm³/mol. The Morgan fingerprint density at radius 3 is 1.14 bits per heavy atom. The standard InChI is InChI=1S/C52H90O6/c1-4-7-10-13-16-19-22-24-25-26-27-28-31-33-36-39-42-45-51(54)57-48-49(47-56-50(53)44-41-38-35-32-29-21-18-15-12-9-6-3)58-52(55)46-43-40-37-34-30-23-20-17-14-11-8-5-2/h15-16,18-19,24-25,27-28,33,36,49H,4-14,17,20-23,26,29-32,34-35,37-48H2,1-3H3/b18-15-,19-16-,25-24-,28-27-,36-33-. The molecule has 1 atom stereocenters. The molecule has 0 saturated carbocycles. The van der Waals surface area contributed by atoms with E-state index in [0.717, 1.165) is 70.6 Å². The van der Waals surface area contributed by atoms with Crippen LogP contribution < -0.4 is 0 Å². The van der Waals surface area contributed by atoms with Crippen molar-refractivity contribution in [2.24, 2.45) is 0 Å². The monoisotopic (exact) mass is 811 g/mol. The second kappa shape index (κ2) is 46.8. The van der Waals surface area contributed by atoms with Gasteiger partial charge in [-0.05, 0) is 77.0 Å². The highest BCUT2D eigenvalue weighted by Crippen LogP contribution is 2.14. The van der Waals surface area contributed by atoms with Crippen LogP contribution in [0.1, 0.15) is 233 Å². The summed E-state index contributed by atoms with van der Waals surface area (Å²) < 4.78 is 16.7. The van der Waals surface area contributed by atoms with Crippen LogP contribution in [-0.2, 0) is 28.6 Å². The van der Waals surface area contributed by atoms with E-state index in [1.165, 1.54) is 116 Å². The average molecular weight is 811 g/mol. The van der Waals surface area contributed by atoms with Gasteiger partial charge >= 0.3 is 17.9 Å². The molecular weight excluding hydrogens is 721 g/mol. The van der Waals surface area contributed by atoms with Crippen LogP contribution in [0.3, 0.4) is 0 Å². The van der Waals surface area contributed by atoms with Crippen LogP contribution in [0.4, 0.5) is 0 Å². The summed E-state index contributed by atoms with van der Waals surface area (Å²) in [6.45, 7) is 6.51. The molecule has 0 aromatic carbocycles. The highest BCUT2D eigenvalue weighted by atomic mass is 16.6. The van der Waals surface area contributed by atoms with E-state index < -0.39 is 6.10 Å². The third-order valence-corrected chi connectivity index (χ3v) is 10.2. The Hall–Kier alpha value is -2.89. The number of carbonyl (C=O) groups excluding carboxylic acids is 3. The number of hydrogen-bond acceptors (Lipinski definition) is 6. The Balaban J connectivity index is 4.45. The van der Waals surface area contributed by atoms with Gasteiger partial charge in [0.15, 0.2) is 6.10 Å². The fourth-order valence-corrected chi connectivity index (χ4v) is 6.53. The minimum atomic E-state index is -0.795. The van der Waals surface area contributed by atoms with E-state index >= 15 is 0 Å². The maximum atomic E-state index is 12.7. The van der Waals surface area contributed by atoms with Crippen molar-refractivity contribution in [1.29, 1.82) is 0 Å². The number of esters is 3. The topological polar surface area (TPSA) is 78.9 Å². The fraction of sp³-hybridized carbons (Fsp3) is 0.750. The normalized spacial score (nSPS) is 12.5. The van der Waals surface area contributed by atoms with Gasteiger partial charge in [-0.2, -0.15) is 0 Å². The first kappa shape index (κ1) is 55.1. The summed E-state index contributed by atoms with van der Waals surface area (Å²) >= 11 is 0. The van der Waals surface area contributed by atoms with Gasteiger partial charge in [0.05, 0.1) is 0 Å². The van der Waals surface area contributed by atoms with E-state index in [-0.39, 0.29) is 37.5 Å². The van der Waals surface area contributed by atoms with Gasteiger partial charge in [-0.1, -0.05) is 197 Å². The van der Waals surface area contributed by atoms with Gasteiger partial charge in [0, 0.05) is 19.3 Å². The van der Waals surface area contributed by atoms with Crippen LogP contribution in [-0.4, -0.2) is 37.2 Å². The SMILES string of the molecule is CCCC/C=C\CCCCCCCC(=O)OCC(COC(=O)CCC/C=C\C/C=C\C/C=C\C/C=C\CCCCC)OC(=O)CCCCCCCCCCCCCC. The molecule has 0 N–H and O–H groups in total. The van der Waals surface area contributed by atoms with Gasteiger partial charge in [-0.25, -0.2) is 0 Å². The van der Waals surface area contributed by atoms with Crippen molar-refractivity contribution >= 4 is 17.9 Å². The van der Waals surface area contributed by atoms with Crippen LogP contribution in [0.5, 0.6) is 0 Å². The molecule has 334 valence electrons. The first-order valence-electron chi connectivity index (χ1n) is 24.3. The Morgan fingerprint density at radius 2 is 0.655 bits per heavy atom. The third kappa shape index (κ3) is 44.2. The highest BCUT2D eigenvalue weighted by Gasteiger charge is 2.19. The van der Waals surface area contributed by atoms with Gasteiger partial charge in [0.1, 0.15) is 13.2 Å². The Kier molecular flexibility index (Phi) is 44.5. The van der Waals surface area contributed by atoms with Gasteiger partial charge < -0.3 is 14.2 Å². The summed E-state index contributed by atoms with van der Waals surface area (Å²) in [5.41, 5.74) is 0. The maximum absolute atomic E-state index is 12.7. The van der Waals surface area contributed by atoms with Crippen LogP contribution in [0.15, 0.2) is 60.8 Å². The lowest BCUT2D eigenvalue weighted by atomic mass is 10.0. The number of unbranched alkanes of at least 4 members (excludes halogenated alkanes) is 22. The van der Waals surface area contributed by atoms with E-state index in [4.69, 9.17) is 14.2 Å². The second-order valence-electron chi connectivity index (χ2n) is 16.0. The zero-order valence-electron chi connectivity index (χ0n) is 38.0. The number of carbonyl (C=O) groups is 3. The molecular formula is C52H90O6. The zero-order valence-corrected chi connectivity index (χ0v) is 38.0. The summed E-state index contributed by atoms with van der Waals surface area (Å²) in [7, 11) is 0. The van der Waals surface area contributed by atoms with Crippen molar-refractivity contribution in [3.8, 4) is 0 Å². The van der Waals surface area contributed by atoms with E-state index in [1.807, 2.05) is 0 Å². The lowest BCUT2D eigenvalue weighted by Gasteiger charge is -2.18. The van der Waals surface area contributed by atoms with Crippen molar-refractivity contribution in [1.82, 2.24) is 0 Å². The van der Waals surface area contributed by atoms with Crippen molar-refractivity contribution in [3.63, 3.8) is 0 Å². The minimum Gasteiger partial charge on any atom is -0.462 e. The molecule has 0 rings (SSSR count). The third-order valence-electron chi connectivity index (χ3n) is 10.2. The Labute approximate surface area is 358 Å². The first-order chi connectivity index (χ1) is 28.5. The molecule has 6 nitrogen and oxygen atoms in total. The molecule has 0 spiro atoms. The molecule has 0 aromatic rings. The van der Waals surface area contributed by atoms with E-state index in [0.29, 0.717) is 19.3 Å². The zero-order chi connectivity index (χ0) is 42.3. The van der Waals surface area contributed by atoms with Crippen LogP contribution in [0, 0.1) is 0 Å². The van der Waals surface area contributed by atoms with Crippen LogP contribution in [0.2, 0.25) is 0 Å². The molecule has 58 heavy (non-hydrogen) atoms. The molecule has 0 aliphatic carbocycles. The van der Waals surface area contributed by atoms with Crippen molar-refractivity contribution in [2.75, 3.05) is 13.2 Å². The lowest BCUT2D eigenvalue weighted by Crippen LogP contribution is -2.30. The molecule has 0 aromatic heterocycles. The Bertz CT molecular complexity index is 1070. The van der Waals surface area contributed by atoms with Crippen molar-refractivity contribution in [3.05, 3.63) is 60.8 Å². The molecule has 0 heterocycles. The van der Waals surface area contributed by atoms with Gasteiger partial charge in [0.2, 0.25) is 0 Å². The summed E-state index contributed by atoms with van der Waals surface area (Å²) in [5, 5.41) is 0. The molecule has 0 aliphatic rings. The average Bonchev–Trinajstić information content (AvgIpc) is 3.22. The summed E-state index contributed by atoms with van der Waals surface area (Å²) in [6.07, 6.45) is 56.3. The Morgan fingerprint density at radius 1 is 0.345 bits per heavy atom. The highest BCUT2D eigenvalue weighted by molar-refractivity contribution is 5.71. The van der Waals surface area contributed by atoms with Crippen LogP contribution in [0.25, 0.3) is 0 Å². The largest absolute Gasteiger partial charge is 0.462 e. The first-order valence-corrected chi connectivity index (χ1v) is 24.3. The van der Waals surface area contributed by atoms with E-state index in [1.54, 1.807) is 0 Å². The number of rotatable bonds is 43. The van der Waals surface area contributed by atoms with E-state index in [2.05, 4.69) is 81.5 Å². The van der Waals surface area contributed by atoms with Crippen LogP contribution >= 0.6 is 0 Å². The van der Waals surface area contributed by atoms with Crippen molar-refractivity contribution in [2.45, 2.75) is 239 Å². The number of hydrogen-bond donors (Lipinski definition) is 0. The molecule has 0 amide bonds. The molecule has 0 aliphatic heterocycles. The van der Waals surface area contributed by atoms with Gasteiger partial charge in [-0.3, -0.25) is 14.4 Å². The molecule has 1 unspecified atom stereocenters. The molecule has 0 fully saturated rings.